The Kier molecular flexibility index (Phi) is 3.46. The van der Waals surface area contributed by atoms with Crippen molar-refractivity contribution in [3.05, 3.63) is 34.9 Å². The molecule has 1 fully saturated rings. The van der Waals surface area contributed by atoms with Crippen LogP contribution in [0.15, 0.2) is 24.3 Å². The Morgan fingerprint density at radius 2 is 2.10 bits per heavy atom. The van der Waals surface area contributed by atoms with Crippen molar-refractivity contribution >= 4 is 34.2 Å². The number of amides is 1. The number of rotatable bonds is 2. The first-order valence-electron chi connectivity index (χ1n) is 6.38. The Hall–Kier alpha value is -1.85. The van der Waals surface area contributed by atoms with Crippen LogP contribution in [-0.4, -0.2) is 37.2 Å². The maximum atomic E-state index is 11.7. The Bertz CT molecular complexity index is 669. The molecule has 1 saturated heterocycles. The lowest BCUT2D eigenvalue weighted by atomic mass is 10.1. The number of halogens is 1. The van der Waals surface area contributed by atoms with Crippen molar-refractivity contribution in [1.82, 2.24) is 4.98 Å². The van der Waals surface area contributed by atoms with Gasteiger partial charge in [0.15, 0.2) is 0 Å². The van der Waals surface area contributed by atoms with Crippen LogP contribution in [0, 0.1) is 0 Å². The second-order valence-electron chi connectivity index (χ2n) is 4.63. The van der Waals surface area contributed by atoms with Gasteiger partial charge in [0, 0.05) is 18.5 Å². The second kappa shape index (κ2) is 5.26. The second-order valence-corrected chi connectivity index (χ2v) is 5.03. The van der Waals surface area contributed by atoms with Crippen molar-refractivity contribution in [1.29, 1.82) is 0 Å². The van der Waals surface area contributed by atoms with Gasteiger partial charge in [-0.15, -0.1) is 0 Å². The highest BCUT2D eigenvalue weighted by Crippen LogP contribution is 2.28. The Balaban J connectivity index is 2.18. The SMILES string of the molecule is NC(=O)c1cc(N2CCOCC2)nc2c(Cl)cccc12. The lowest BCUT2D eigenvalue weighted by molar-refractivity contribution is 0.100. The van der Waals surface area contributed by atoms with E-state index in [4.69, 9.17) is 22.1 Å². The van der Waals surface area contributed by atoms with Gasteiger partial charge in [0.2, 0.25) is 5.91 Å². The van der Waals surface area contributed by atoms with Crippen LogP contribution in [0.2, 0.25) is 5.02 Å². The quantitative estimate of drug-likeness (QED) is 0.916. The summed E-state index contributed by atoms with van der Waals surface area (Å²) in [5.74, 6) is 0.233. The number of hydrogen-bond acceptors (Lipinski definition) is 4. The van der Waals surface area contributed by atoms with E-state index in [0.717, 1.165) is 13.1 Å². The monoisotopic (exact) mass is 291 g/mol. The molecule has 0 saturated carbocycles. The van der Waals surface area contributed by atoms with E-state index in [2.05, 4.69) is 9.88 Å². The molecule has 1 amide bonds. The summed E-state index contributed by atoms with van der Waals surface area (Å²) in [6, 6.07) is 7.07. The molecular weight excluding hydrogens is 278 g/mol. The van der Waals surface area contributed by atoms with Crippen LogP contribution in [0.5, 0.6) is 0 Å². The van der Waals surface area contributed by atoms with Crippen molar-refractivity contribution in [2.75, 3.05) is 31.2 Å². The van der Waals surface area contributed by atoms with Crippen LogP contribution in [0.4, 0.5) is 5.82 Å². The van der Waals surface area contributed by atoms with Gasteiger partial charge < -0.3 is 15.4 Å². The van der Waals surface area contributed by atoms with Gasteiger partial charge in [-0.2, -0.15) is 0 Å². The van der Waals surface area contributed by atoms with E-state index >= 15 is 0 Å². The first-order valence-corrected chi connectivity index (χ1v) is 6.76. The molecule has 6 heteroatoms. The number of nitrogens with zero attached hydrogens (tertiary/aromatic N) is 2. The van der Waals surface area contributed by atoms with Gasteiger partial charge in [0.1, 0.15) is 5.82 Å². The van der Waals surface area contributed by atoms with Gasteiger partial charge in [0.05, 0.1) is 29.3 Å². The standard InChI is InChI=1S/C14H14ClN3O2/c15-11-3-1-2-9-10(14(16)19)8-12(17-13(9)11)18-4-6-20-7-5-18/h1-3,8H,4-7H2,(H2,16,19). The number of anilines is 1. The highest BCUT2D eigenvalue weighted by molar-refractivity contribution is 6.35. The predicted octanol–water partition coefficient (Wildman–Crippen LogP) is 1.82. The molecule has 0 aliphatic carbocycles. The van der Waals surface area contributed by atoms with Crippen molar-refractivity contribution in [2.45, 2.75) is 0 Å². The first-order chi connectivity index (χ1) is 9.66. The number of hydrogen-bond donors (Lipinski definition) is 1. The smallest absolute Gasteiger partial charge is 0.249 e. The van der Waals surface area contributed by atoms with Crippen LogP contribution < -0.4 is 10.6 Å². The number of para-hydroxylation sites is 1. The third-order valence-electron chi connectivity index (χ3n) is 3.38. The average molecular weight is 292 g/mol. The van der Waals surface area contributed by atoms with E-state index in [1.165, 1.54) is 0 Å². The topological polar surface area (TPSA) is 68.5 Å². The molecule has 0 unspecified atom stereocenters. The van der Waals surface area contributed by atoms with E-state index in [1.54, 1.807) is 24.3 Å². The highest BCUT2D eigenvalue weighted by atomic mass is 35.5. The number of carbonyl (C=O) groups excluding carboxylic acids is 1. The normalized spacial score (nSPS) is 15.6. The average Bonchev–Trinajstić information content (AvgIpc) is 2.47. The Labute approximate surface area is 121 Å². The number of primary amides is 1. The summed E-state index contributed by atoms with van der Waals surface area (Å²) < 4.78 is 5.32. The summed E-state index contributed by atoms with van der Waals surface area (Å²) in [6.45, 7) is 2.77. The number of morpholine rings is 1. The van der Waals surface area contributed by atoms with E-state index in [0.29, 0.717) is 40.5 Å². The van der Waals surface area contributed by atoms with Crippen LogP contribution in [-0.2, 0) is 4.74 Å². The fourth-order valence-corrected chi connectivity index (χ4v) is 2.58. The lowest BCUT2D eigenvalue weighted by Gasteiger charge is -2.28. The molecule has 0 radical (unpaired) electrons. The molecule has 0 atom stereocenters. The molecule has 0 bridgehead atoms. The summed E-state index contributed by atoms with van der Waals surface area (Å²) in [5.41, 5.74) is 6.52. The molecule has 20 heavy (non-hydrogen) atoms. The van der Waals surface area contributed by atoms with Gasteiger partial charge in [-0.3, -0.25) is 4.79 Å². The van der Waals surface area contributed by atoms with E-state index in [9.17, 15) is 4.79 Å². The van der Waals surface area contributed by atoms with E-state index in [1.807, 2.05) is 0 Å². The summed E-state index contributed by atoms with van der Waals surface area (Å²) >= 11 is 6.19. The summed E-state index contributed by atoms with van der Waals surface area (Å²) in [6.07, 6.45) is 0. The third kappa shape index (κ3) is 2.30. The van der Waals surface area contributed by atoms with Crippen molar-refractivity contribution in [2.24, 2.45) is 5.73 Å². The number of nitrogens with two attached hydrogens (primary N) is 1. The molecule has 1 aromatic heterocycles. The fraction of sp³-hybridized carbons (Fsp3) is 0.286. The van der Waals surface area contributed by atoms with Gasteiger partial charge >= 0.3 is 0 Å². The zero-order valence-corrected chi connectivity index (χ0v) is 11.6. The van der Waals surface area contributed by atoms with E-state index < -0.39 is 5.91 Å². The summed E-state index contributed by atoms with van der Waals surface area (Å²) in [7, 11) is 0. The molecule has 3 rings (SSSR count). The Morgan fingerprint density at radius 1 is 1.35 bits per heavy atom. The fourth-order valence-electron chi connectivity index (χ4n) is 2.36. The molecule has 104 valence electrons. The zero-order chi connectivity index (χ0) is 14.1. The zero-order valence-electron chi connectivity index (χ0n) is 10.8. The van der Waals surface area contributed by atoms with Crippen LogP contribution >= 0.6 is 11.6 Å². The lowest BCUT2D eigenvalue weighted by Crippen LogP contribution is -2.37. The molecular formula is C14H14ClN3O2. The molecule has 1 aromatic carbocycles. The third-order valence-corrected chi connectivity index (χ3v) is 3.68. The molecule has 5 nitrogen and oxygen atoms in total. The van der Waals surface area contributed by atoms with E-state index in [-0.39, 0.29) is 0 Å². The van der Waals surface area contributed by atoms with Crippen molar-refractivity contribution in [3.8, 4) is 0 Å². The van der Waals surface area contributed by atoms with Crippen LogP contribution in [0.3, 0.4) is 0 Å². The number of ether oxygens (including phenoxy) is 1. The minimum Gasteiger partial charge on any atom is -0.378 e. The minimum absolute atomic E-state index is 0.444. The van der Waals surface area contributed by atoms with Crippen molar-refractivity contribution < 1.29 is 9.53 Å². The highest BCUT2D eigenvalue weighted by Gasteiger charge is 2.17. The van der Waals surface area contributed by atoms with Crippen molar-refractivity contribution in [3.63, 3.8) is 0 Å². The number of aromatic nitrogens is 1. The predicted molar refractivity (Wildman–Crippen MR) is 78.3 cm³/mol. The van der Waals surface area contributed by atoms with Gasteiger partial charge in [-0.05, 0) is 12.1 Å². The molecule has 1 aliphatic heterocycles. The molecule has 2 N–H and O–H groups in total. The maximum absolute atomic E-state index is 11.7. The minimum atomic E-state index is -0.478. The molecule has 1 aliphatic rings. The number of carbonyl (C=O) groups is 1. The van der Waals surface area contributed by atoms with Gasteiger partial charge in [-0.1, -0.05) is 23.7 Å². The summed E-state index contributed by atoms with van der Waals surface area (Å²) in [4.78, 5) is 18.3. The number of fused-ring (bicyclic) bond motifs is 1. The molecule has 2 aromatic rings. The summed E-state index contributed by atoms with van der Waals surface area (Å²) in [5, 5.41) is 1.20. The largest absolute Gasteiger partial charge is 0.378 e. The van der Waals surface area contributed by atoms with Gasteiger partial charge in [-0.25, -0.2) is 4.98 Å². The Morgan fingerprint density at radius 3 is 2.80 bits per heavy atom. The first kappa shape index (κ1) is 13.1. The molecule has 0 spiro atoms. The van der Waals surface area contributed by atoms with Gasteiger partial charge in [0.25, 0.3) is 0 Å². The maximum Gasteiger partial charge on any atom is 0.249 e. The number of pyridine rings is 1. The number of benzene rings is 1. The van der Waals surface area contributed by atoms with Crippen LogP contribution in [0.25, 0.3) is 10.9 Å². The van der Waals surface area contributed by atoms with Crippen LogP contribution in [0.1, 0.15) is 10.4 Å². The molecule has 2 heterocycles.